The number of hydrogen-bond donors (Lipinski definition) is 2. The van der Waals surface area contributed by atoms with E-state index in [4.69, 9.17) is 15.2 Å². The molecule has 8 nitrogen and oxygen atoms in total. The van der Waals surface area contributed by atoms with Crippen LogP contribution in [-0.4, -0.2) is 41.9 Å². The third kappa shape index (κ3) is 4.18. The molecule has 9 heteroatoms. The second kappa shape index (κ2) is 6.85. The minimum Gasteiger partial charge on any atom is -0.484 e. The van der Waals surface area contributed by atoms with E-state index in [1.54, 1.807) is 13.2 Å². The van der Waals surface area contributed by atoms with Crippen molar-refractivity contribution in [1.29, 1.82) is 0 Å². The number of carbonyl (C=O) groups excluding carboxylic acids is 1. The average Bonchev–Trinajstić information content (AvgIpc) is 2.94. The predicted molar refractivity (Wildman–Crippen MR) is 97.0 cm³/mol. The predicted octanol–water partition coefficient (Wildman–Crippen LogP) is 1.88. The number of ether oxygens (including phenoxy) is 2. The molecule has 1 aromatic carbocycles. The number of nitrogens with one attached hydrogen (secondary N) is 1. The number of nitrogens with two attached hydrogens (primary N) is 1. The Morgan fingerprint density at radius 3 is 3.04 bits per heavy atom. The zero-order valence-electron chi connectivity index (χ0n) is 14.4. The maximum absolute atomic E-state index is 12.4. The van der Waals surface area contributed by atoms with Crippen LogP contribution in [0.3, 0.4) is 0 Å². The van der Waals surface area contributed by atoms with Crippen molar-refractivity contribution in [2.45, 2.75) is 26.1 Å². The Bertz CT molecular complexity index is 777. The van der Waals surface area contributed by atoms with Crippen LogP contribution in [0.15, 0.2) is 18.2 Å². The molecule has 2 heterocycles. The number of amides is 1. The molecule has 3 rings (SSSR count). The number of rotatable bonds is 5. The Hall–Kier alpha value is -2.39. The zero-order chi connectivity index (χ0) is 18.0. The van der Waals surface area contributed by atoms with Crippen LogP contribution in [0.5, 0.6) is 5.75 Å². The number of aromatic nitrogens is 2. The highest BCUT2D eigenvalue weighted by Gasteiger charge is 2.32. The van der Waals surface area contributed by atoms with Crippen LogP contribution in [0.2, 0.25) is 0 Å². The van der Waals surface area contributed by atoms with Gasteiger partial charge in [0.2, 0.25) is 11.0 Å². The fourth-order valence-electron chi connectivity index (χ4n) is 2.70. The molecule has 0 unspecified atom stereocenters. The number of nitrogen functional groups attached to an aromatic ring is 1. The topological polar surface area (TPSA) is 103 Å². The monoisotopic (exact) mass is 363 g/mol. The van der Waals surface area contributed by atoms with E-state index in [1.807, 2.05) is 30.9 Å². The molecule has 1 amide bonds. The lowest BCUT2D eigenvalue weighted by Crippen LogP contribution is -2.49. The number of hydrogen-bond acceptors (Lipinski definition) is 8. The molecule has 25 heavy (non-hydrogen) atoms. The number of fused-ring (bicyclic) bond motifs is 1. The SMILES string of the molecule is COCc1nnc(NC(=O)CN2CC(C)(C)Oc3ccc(N)cc32)s1. The highest BCUT2D eigenvalue weighted by molar-refractivity contribution is 7.15. The van der Waals surface area contributed by atoms with Gasteiger partial charge in [-0.3, -0.25) is 10.1 Å². The van der Waals surface area contributed by atoms with Gasteiger partial charge in [0.1, 0.15) is 23.0 Å². The third-order valence-electron chi connectivity index (χ3n) is 3.60. The van der Waals surface area contributed by atoms with Crippen molar-refractivity contribution in [1.82, 2.24) is 10.2 Å². The van der Waals surface area contributed by atoms with Crippen LogP contribution in [0, 0.1) is 0 Å². The van der Waals surface area contributed by atoms with Gasteiger partial charge in [0.15, 0.2) is 0 Å². The summed E-state index contributed by atoms with van der Waals surface area (Å²) in [7, 11) is 1.59. The van der Waals surface area contributed by atoms with E-state index in [1.165, 1.54) is 11.3 Å². The van der Waals surface area contributed by atoms with Gasteiger partial charge in [-0.1, -0.05) is 11.3 Å². The number of anilines is 3. The molecule has 3 N–H and O–H groups in total. The number of benzene rings is 1. The molecule has 0 saturated heterocycles. The van der Waals surface area contributed by atoms with Gasteiger partial charge in [0.25, 0.3) is 0 Å². The van der Waals surface area contributed by atoms with Gasteiger partial charge in [-0.25, -0.2) is 0 Å². The van der Waals surface area contributed by atoms with Crippen molar-refractivity contribution in [2.75, 3.05) is 36.1 Å². The van der Waals surface area contributed by atoms with Crippen molar-refractivity contribution < 1.29 is 14.3 Å². The molecule has 1 aliphatic heterocycles. The highest BCUT2D eigenvalue weighted by atomic mass is 32.1. The van der Waals surface area contributed by atoms with Crippen LogP contribution in [-0.2, 0) is 16.1 Å². The summed E-state index contributed by atoms with van der Waals surface area (Å²) in [6.45, 7) is 5.08. The molecule has 0 spiro atoms. The van der Waals surface area contributed by atoms with Gasteiger partial charge in [-0.05, 0) is 32.0 Å². The molecule has 0 bridgehead atoms. The minimum atomic E-state index is -0.405. The summed E-state index contributed by atoms with van der Waals surface area (Å²) in [4.78, 5) is 14.4. The van der Waals surface area contributed by atoms with Crippen molar-refractivity contribution in [3.8, 4) is 5.75 Å². The summed E-state index contributed by atoms with van der Waals surface area (Å²) in [5.74, 6) is 0.544. The normalized spacial score (nSPS) is 15.4. The second-order valence-electron chi connectivity index (χ2n) is 6.43. The molecule has 0 saturated carbocycles. The van der Waals surface area contributed by atoms with Gasteiger partial charge in [0.05, 0.1) is 18.8 Å². The summed E-state index contributed by atoms with van der Waals surface area (Å²) in [5, 5.41) is 11.8. The van der Waals surface area contributed by atoms with E-state index < -0.39 is 5.60 Å². The summed E-state index contributed by atoms with van der Waals surface area (Å²) in [5.41, 5.74) is 6.92. The van der Waals surface area contributed by atoms with Crippen molar-refractivity contribution in [3.63, 3.8) is 0 Å². The molecule has 134 valence electrons. The molecule has 0 fully saturated rings. The maximum atomic E-state index is 12.4. The van der Waals surface area contributed by atoms with Crippen LogP contribution < -0.4 is 20.7 Å². The lowest BCUT2D eigenvalue weighted by Gasteiger charge is -2.40. The maximum Gasteiger partial charge on any atom is 0.245 e. The summed E-state index contributed by atoms with van der Waals surface area (Å²) >= 11 is 1.29. The van der Waals surface area contributed by atoms with E-state index in [9.17, 15) is 4.79 Å². The summed E-state index contributed by atoms with van der Waals surface area (Å²) < 4.78 is 11.0. The van der Waals surface area contributed by atoms with E-state index in [0.29, 0.717) is 29.0 Å². The largest absolute Gasteiger partial charge is 0.484 e. The van der Waals surface area contributed by atoms with Gasteiger partial charge < -0.3 is 20.1 Å². The van der Waals surface area contributed by atoms with Gasteiger partial charge in [-0.15, -0.1) is 10.2 Å². The third-order valence-corrected chi connectivity index (χ3v) is 4.41. The molecule has 1 aromatic heterocycles. The van der Waals surface area contributed by atoms with Crippen LogP contribution in [0.1, 0.15) is 18.9 Å². The van der Waals surface area contributed by atoms with E-state index in [0.717, 1.165) is 11.4 Å². The average molecular weight is 363 g/mol. The van der Waals surface area contributed by atoms with E-state index in [-0.39, 0.29) is 12.5 Å². The Labute approximate surface area is 149 Å². The number of nitrogens with zero attached hydrogens (tertiary/aromatic N) is 3. The van der Waals surface area contributed by atoms with E-state index >= 15 is 0 Å². The highest BCUT2D eigenvalue weighted by Crippen LogP contribution is 2.38. The van der Waals surface area contributed by atoms with E-state index in [2.05, 4.69) is 15.5 Å². The first-order chi connectivity index (χ1) is 11.9. The molecule has 1 aliphatic rings. The fraction of sp³-hybridized carbons (Fsp3) is 0.438. The standard InChI is InChI=1S/C16H21N5O3S/c1-16(2)9-21(11-6-10(17)4-5-12(11)24-16)7-13(22)18-15-20-19-14(25-15)8-23-3/h4-6H,7-9,17H2,1-3H3,(H,18,20,22). The minimum absolute atomic E-state index is 0.169. The molecule has 0 atom stereocenters. The molecule has 2 aromatic rings. The fourth-order valence-corrected chi connectivity index (χ4v) is 3.43. The van der Waals surface area contributed by atoms with Crippen LogP contribution in [0.25, 0.3) is 0 Å². The smallest absolute Gasteiger partial charge is 0.245 e. The van der Waals surface area contributed by atoms with Gasteiger partial charge in [-0.2, -0.15) is 0 Å². The molecule has 0 aliphatic carbocycles. The first kappa shape index (κ1) is 17.4. The van der Waals surface area contributed by atoms with Crippen molar-refractivity contribution in [2.24, 2.45) is 0 Å². The van der Waals surface area contributed by atoms with Crippen LogP contribution >= 0.6 is 11.3 Å². The van der Waals surface area contributed by atoms with Crippen molar-refractivity contribution >= 4 is 33.8 Å². The number of methoxy groups -OCH3 is 1. The quantitative estimate of drug-likeness (QED) is 0.782. The van der Waals surface area contributed by atoms with Gasteiger partial charge in [0, 0.05) is 12.8 Å². The van der Waals surface area contributed by atoms with Crippen LogP contribution in [0.4, 0.5) is 16.5 Å². The Morgan fingerprint density at radius 1 is 1.48 bits per heavy atom. The summed E-state index contributed by atoms with van der Waals surface area (Å²) in [6, 6.07) is 5.44. The van der Waals surface area contributed by atoms with Crippen molar-refractivity contribution in [3.05, 3.63) is 23.2 Å². The Balaban J connectivity index is 1.72. The first-order valence-electron chi connectivity index (χ1n) is 7.81. The molecular weight excluding hydrogens is 342 g/mol. The van der Waals surface area contributed by atoms with Gasteiger partial charge >= 0.3 is 0 Å². The zero-order valence-corrected chi connectivity index (χ0v) is 15.2. The molecule has 0 radical (unpaired) electrons. The molecular formula is C16H21N5O3S. The second-order valence-corrected chi connectivity index (χ2v) is 7.49. The summed E-state index contributed by atoms with van der Waals surface area (Å²) in [6.07, 6.45) is 0. The lowest BCUT2D eigenvalue weighted by molar-refractivity contribution is -0.115. The Morgan fingerprint density at radius 2 is 2.28 bits per heavy atom. The first-order valence-corrected chi connectivity index (χ1v) is 8.62. The Kier molecular flexibility index (Phi) is 4.78. The number of carbonyl (C=O) groups is 1. The lowest BCUT2D eigenvalue weighted by atomic mass is 10.0.